The molecular weight excluding hydrogens is 255 g/mol. The van der Waals surface area contributed by atoms with Gasteiger partial charge < -0.3 is 9.51 Å². The van der Waals surface area contributed by atoms with Crippen LogP contribution in [0.2, 0.25) is 0 Å². The minimum atomic E-state index is -3.68. The largest absolute Gasteiger partial charge is 1.00 e. The quantitative estimate of drug-likeness (QED) is 0.589. The number of sulfonamides is 1. The Labute approximate surface area is 136 Å². The van der Waals surface area contributed by atoms with Crippen molar-refractivity contribution in [2.24, 2.45) is 0 Å². The number of hydrogen-bond donors (Lipinski definition) is 0. The zero-order chi connectivity index (χ0) is 10.7. The molecule has 1 aromatic carbocycles. The number of aromatic nitrogens is 3. The van der Waals surface area contributed by atoms with Crippen molar-refractivity contribution in [2.45, 2.75) is 4.90 Å². The molecule has 0 amide bonds. The summed E-state index contributed by atoms with van der Waals surface area (Å²) in [6.07, 6.45) is 2.42. The van der Waals surface area contributed by atoms with Crippen LogP contribution in [0, 0.1) is 0 Å². The maximum Gasteiger partial charge on any atom is 1.00 e. The van der Waals surface area contributed by atoms with Crippen molar-refractivity contribution in [1.29, 1.82) is 0 Å². The molecule has 16 heavy (non-hydrogen) atoms. The normalized spacial score (nSPS) is 10.5. The third kappa shape index (κ3) is 3.37. The standard InChI is InChI=1S/C8H7N4O2S.K/c13-15(14,8-4-2-1-3-5-8)11-12-6-9-10-7-12;/h1-7H;/q-1;+1. The van der Waals surface area contributed by atoms with Crippen LogP contribution >= 0.6 is 0 Å². The fraction of sp³-hybridized carbons (Fsp3) is 0. The average Bonchev–Trinajstić information content (AvgIpc) is 2.71. The van der Waals surface area contributed by atoms with Gasteiger partial charge in [-0.3, -0.25) is 0 Å². The number of benzene rings is 1. The molecular formula is C8H7KN4O2S. The molecule has 0 aliphatic rings. The molecule has 0 atom stereocenters. The molecule has 0 spiro atoms. The summed E-state index contributed by atoms with van der Waals surface area (Å²) in [5, 5.41) is 6.91. The smallest absolute Gasteiger partial charge is 0.503 e. The van der Waals surface area contributed by atoms with Crippen LogP contribution in [-0.4, -0.2) is 23.3 Å². The first-order chi connectivity index (χ1) is 7.18. The van der Waals surface area contributed by atoms with Gasteiger partial charge in [0.2, 0.25) is 0 Å². The van der Waals surface area contributed by atoms with Crippen molar-refractivity contribution >= 4 is 10.0 Å². The molecule has 0 radical (unpaired) electrons. The van der Waals surface area contributed by atoms with Crippen LogP contribution in [-0.2, 0) is 10.0 Å². The molecule has 0 fully saturated rings. The molecule has 0 unspecified atom stereocenters. The third-order valence-corrected chi connectivity index (χ3v) is 2.92. The van der Waals surface area contributed by atoms with Gasteiger partial charge in [0.05, 0.1) is 4.90 Å². The fourth-order valence-electron chi connectivity index (χ4n) is 1.00. The van der Waals surface area contributed by atoms with Crippen molar-refractivity contribution in [3.05, 3.63) is 47.8 Å². The minimum Gasteiger partial charge on any atom is -0.503 e. The van der Waals surface area contributed by atoms with Crippen LogP contribution < -0.4 is 51.4 Å². The summed E-state index contributed by atoms with van der Waals surface area (Å²) in [6.45, 7) is 0. The Morgan fingerprint density at radius 3 is 2.19 bits per heavy atom. The second kappa shape index (κ2) is 5.89. The van der Waals surface area contributed by atoms with E-state index in [-0.39, 0.29) is 56.3 Å². The molecule has 6 nitrogen and oxygen atoms in total. The molecule has 0 aliphatic heterocycles. The van der Waals surface area contributed by atoms with Crippen molar-refractivity contribution in [3.8, 4) is 0 Å². The molecule has 0 N–H and O–H groups in total. The van der Waals surface area contributed by atoms with Crippen LogP contribution in [0.4, 0.5) is 0 Å². The van der Waals surface area contributed by atoms with E-state index < -0.39 is 10.0 Å². The minimum absolute atomic E-state index is 0. The van der Waals surface area contributed by atoms with Crippen molar-refractivity contribution < 1.29 is 59.8 Å². The van der Waals surface area contributed by atoms with E-state index in [2.05, 4.69) is 15.0 Å². The van der Waals surface area contributed by atoms with E-state index in [1.165, 1.54) is 24.8 Å². The van der Waals surface area contributed by atoms with E-state index in [9.17, 15) is 8.42 Å². The monoisotopic (exact) mass is 262 g/mol. The Kier molecular flexibility index (Phi) is 5.09. The van der Waals surface area contributed by atoms with E-state index in [0.29, 0.717) is 0 Å². The van der Waals surface area contributed by atoms with E-state index >= 15 is 0 Å². The SMILES string of the molecule is O=S(=O)([N-]n1cnnc1)c1ccccc1.[K+]. The molecule has 0 bridgehead atoms. The molecule has 2 rings (SSSR count). The van der Waals surface area contributed by atoms with Gasteiger partial charge >= 0.3 is 51.4 Å². The summed E-state index contributed by atoms with van der Waals surface area (Å²) in [7, 11) is -3.68. The number of nitrogens with zero attached hydrogens (tertiary/aromatic N) is 4. The van der Waals surface area contributed by atoms with Gasteiger partial charge in [0.25, 0.3) is 0 Å². The van der Waals surface area contributed by atoms with Crippen LogP contribution in [0.15, 0.2) is 47.9 Å². The molecule has 2 aromatic rings. The summed E-state index contributed by atoms with van der Waals surface area (Å²) in [5.41, 5.74) is 0. The fourth-order valence-corrected chi connectivity index (χ4v) is 1.93. The molecule has 0 aliphatic carbocycles. The average molecular weight is 262 g/mol. The zero-order valence-electron chi connectivity index (χ0n) is 8.56. The maximum absolute atomic E-state index is 11.7. The van der Waals surface area contributed by atoms with Crippen LogP contribution in [0.5, 0.6) is 0 Å². The van der Waals surface area contributed by atoms with Gasteiger partial charge in [-0.2, -0.15) is 0 Å². The predicted molar refractivity (Wildman–Crippen MR) is 52.4 cm³/mol. The van der Waals surface area contributed by atoms with Crippen LogP contribution in [0.25, 0.3) is 4.83 Å². The summed E-state index contributed by atoms with van der Waals surface area (Å²) in [4.78, 5) is 3.62. The van der Waals surface area contributed by atoms with Gasteiger partial charge in [-0.1, -0.05) is 18.2 Å². The molecule has 1 aromatic heterocycles. The zero-order valence-corrected chi connectivity index (χ0v) is 12.5. The van der Waals surface area contributed by atoms with E-state index in [0.717, 1.165) is 4.68 Å². The second-order valence-electron chi connectivity index (χ2n) is 2.71. The third-order valence-electron chi connectivity index (χ3n) is 1.65. The molecule has 8 heteroatoms. The Bertz CT molecular complexity index is 526. The van der Waals surface area contributed by atoms with Crippen LogP contribution in [0.1, 0.15) is 0 Å². The second-order valence-corrected chi connectivity index (χ2v) is 4.30. The van der Waals surface area contributed by atoms with Gasteiger partial charge in [0, 0.05) is 0 Å². The number of hydrogen-bond acceptors (Lipinski definition) is 4. The summed E-state index contributed by atoms with van der Waals surface area (Å²) >= 11 is 0. The molecule has 0 saturated heterocycles. The summed E-state index contributed by atoms with van der Waals surface area (Å²) in [6, 6.07) is 7.95. The number of rotatable bonds is 3. The van der Waals surface area contributed by atoms with Crippen LogP contribution in [0.3, 0.4) is 0 Å². The van der Waals surface area contributed by atoms with Gasteiger partial charge in [0.15, 0.2) is 0 Å². The van der Waals surface area contributed by atoms with Crippen molar-refractivity contribution in [3.63, 3.8) is 0 Å². The van der Waals surface area contributed by atoms with E-state index in [1.807, 2.05) is 0 Å². The summed E-state index contributed by atoms with van der Waals surface area (Å²) in [5.74, 6) is 0. The van der Waals surface area contributed by atoms with Crippen molar-refractivity contribution in [2.75, 3.05) is 0 Å². The first kappa shape index (κ1) is 13.8. The van der Waals surface area contributed by atoms with Gasteiger partial charge in [-0.25, -0.2) is 8.42 Å². The molecule has 78 valence electrons. The van der Waals surface area contributed by atoms with Gasteiger partial charge in [-0.05, 0) is 12.1 Å². The van der Waals surface area contributed by atoms with E-state index in [1.54, 1.807) is 18.2 Å². The predicted octanol–water partition coefficient (Wildman–Crippen LogP) is -2.19. The molecule has 0 saturated carbocycles. The van der Waals surface area contributed by atoms with Gasteiger partial charge in [-0.15, -0.1) is 10.2 Å². The molecule has 1 heterocycles. The van der Waals surface area contributed by atoms with Crippen molar-refractivity contribution in [1.82, 2.24) is 14.9 Å². The Balaban J connectivity index is 0.00000128. The summed E-state index contributed by atoms with van der Waals surface area (Å²) < 4.78 is 24.4. The van der Waals surface area contributed by atoms with E-state index in [4.69, 9.17) is 0 Å². The first-order valence-corrected chi connectivity index (χ1v) is 5.50. The Morgan fingerprint density at radius 2 is 1.62 bits per heavy atom. The maximum atomic E-state index is 11.7. The topological polar surface area (TPSA) is 79.0 Å². The Morgan fingerprint density at radius 1 is 1.06 bits per heavy atom. The van der Waals surface area contributed by atoms with Gasteiger partial charge in [0.1, 0.15) is 22.7 Å². The first-order valence-electron chi connectivity index (χ1n) is 4.06. The Hall–Kier alpha value is -0.254.